The summed E-state index contributed by atoms with van der Waals surface area (Å²) in [5.41, 5.74) is -0.179. The Kier molecular flexibility index (Phi) is 3.53. The first-order chi connectivity index (χ1) is 7.62. The smallest absolute Gasteiger partial charge is 0.227 e. The Balaban J connectivity index is 1.77. The SMILES string of the molecule is CC(CNC(=O)C1(C)CCCNC1)C1CC1. The summed E-state index contributed by atoms with van der Waals surface area (Å²) in [5.74, 6) is 1.77. The maximum atomic E-state index is 12.1. The summed E-state index contributed by atoms with van der Waals surface area (Å²) in [6, 6.07) is 0. The summed E-state index contributed by atoms with van der Waals surface area (Å²) in [7, 11) is 0. The first kappa shape index (κ1) is 11.9. The highest BCUT2D eigenvalue weighted by molar-refractivity contribution is 5.82. The Hall–Kier alpha value is -0.570. The molecule has 0 aromatic rings. The lowest BCUT2D eigenvalue weighted by molar-refractivity contribution is -0.131. The van der Waals surface area contributed by atoms with Crippen LogP contribution in [0.1, 0.15) is 39.5 Å². The normalized spacial score (nSPS) is 32.1. The first-order valence-electron chi connectivity index (χ1n) is 6.61. The van der Waals surface area contributed by atoms with Crippen LogP contribution in [0.5, 0.6) is 0 Å². The molecule has 3 heteroatoms. The van der Waals surface area contributed by atoms with Crippen LogP contribution < -0.4 is 10.6 Å². The quantitative estimate of drug-likeness (QED) is 0.760. The Morgan fingerprint density at radius 3 is 2.88 bits per heavy atom. The van der Waals surface area contributed by atoms with Crippen LogP contribution in [-0.4, -0.2) is 25.5 Å². The van der Waals surface area contributed by atoms with Crippen molar-refractivity contribution in [2.75, 3.05) is 19.6 Å². The third-order valence-electron chi connectivity index (χ3n) is 4.16. The van der Waals surface area contributed by atoms with E-state index >= 15 is 0 Å². The van der Waals surface area contributed by atoms with Crippen molar-refractivity contribution in [1.29, 1.82) is 0 Å². The molecule has 1 saturated carbocycles. The molecular weight excluding hydrogens is 200 g/mol. The lowest BCUT2D eigenvalue weighted by atomic mass is 9.82. The van der Waals surface area contributed by atoms with Crippen molar-refractivity contribution in [2.45, 2.75) is 39.5 Å². The summed E-state index contributed by atoms with van der Waals surface area (Å²) in [4.78, 5) is 12.1. The molecular formula is C13H24N2O. The third kappa shape index (κ3) is 2.76. The van der Waals surface area contributed by atoms with Crippen molar-refractivity contribution in [3.8, 4) is 0 Å². The molecule has 1 aliphatic carbocycles. The van der Waals surface area contributed by atoms with E-state index in [0.717, 1.165) is 38.4 Å². The Morgan fingerprint density at radius 1 is 1.56 bits per heavy atom. The minimum absolute atomic E-state index is 0.179. The molecule has 2 rings (SSSR count). The Bertz CT molecular complexity index is 255. The topological polar surface area (TPSA) is 41.1 Å². The molecule has 0 bridgehead atoms. The van der Waals surface area contributed by atoms with Gasteiger partial charge in [0.2, 0.25) is 5.91 Å². The predicted molar refractivity (Wildman–Crippen MR) is 65.1 cm³/mol. The van der Waals surface area contributed by atoms with Crippen LogP contribution in [0.4, 0.5) is 0 Å². The second kappa shape index (κ2) is 4.74. The molecule has 2 atom stereocenters. The van der Waals surface area contributed by atoms with Gasteiger partial charge in [-0.1, -0.05) is 6.92 Å². The van der Waals surface area contributed by atoms with Gasteiger partial charge in [0, 0.05) is 13.1 Å². The number of carbonyl (C=O) groups is 1. The lowest BCUT2D eigenvalue weighted by Crippen LogP contribution is -2.49. The van der Waals surface area contributed by atoms with Crippen LogP contribution in [0.25, 0.3) is 0 Å². The Labute approximate surface area is 98.4 Å². The van der Waals surface area contributed by atoms with Gasteiger partial charge in [-0.05, 0) is 51.0 Å². The van der Waals surface area contributed by atoms with Gasteiger partial charge in [-0.2, -0.15) is 0 Å². The highest BCUT2D eigenvalue weighted by Gasteiger charge is 2.35. The number of hydrogen-bond donors (Lipinski definition) is 2. The van der Waals surface area contributed by atoms with E-state index in [4.69, 9.17) is 0 Å². The fourth-order valence-electron chi connectivity index (χ4n) is 2.55. The minimum atomic E-state index is -0.179. The van der Waals surface area contributed by atoms with Gasteiger partial charge in [-0.25, -0.2) is 0 Å². The first-order valence-corrected chi connectivity index (χ1v) is 6.61. The van der Waals surface area contributed by atoms with Gasteiger partial charge in [-0.15, -0.1) is 0 Å². The lowest BCUT2D eigenvalue weighted by Gasteiger charge is -2.33. The molecule has 2 aliphatic rings. The molecule has 0 radical (unpaired) electrons. The molecule has 0 aromatic heterocycles. The molecule has 16 heavy (non-hydrogen) atoms. The average Bonchev–Trinajstić information content (AvgIpc) is 3.10. The van der Waals surface area contributed by atoms with Gasteiger partial charge in [0.15, 0.2) is 0 Å². The van der Waals surface area contributed by atoms with Crippen molar-refractivity contribution in [2.24, 2.45) is 17.3 Å². The molecule has 1 heterocycles. The van der Waals surface area contributed by atoms with Gasteiger partial charge in [0.05, 0.1) is 5.41 Å². The highest BCUT2D eigenvalue weighted by Crippen LogP contribution is 2.36. The third-order valence-corrected chi connectivity index (χ3v) is 4.16. The van der Waals surface area contributed by atoms with E-state index in [-0.39, 0.29) is 11.3 Å². The van der Waals surface area contributed by atoms with Crippen LogP contribution in [0.15, 0.2) is 0 Å². The number of hydrogen-bond acceptors (Lipinski definition) is 2. The summed E-state index contributed by atoms with van der Waals surface area (Å²) in [6.07, 6.45) is 4.84. The van der Waals surface area contributed by atoms with E-state index in [1.807, 2.05) is 0 Å². The Morgan fingerprint density at radius 2 is 2.31 bits per heavy atom. The van der Waals surface area contributed by atoms with Crippen molar-refractivity contribution < 1.29 is 4.79 Å². The molecule has 2 fully saturated rings. The standard InChI is InChI=1S/C13H24N2O/c1-10(11-4-5-11)8-15-12(16)13(2)6-3-7-14-9-13/h10-11,14H,3-9H2,1-2H3,(H,15,16). The number of nitrogens with one attached hydrogen (secondary N) is 2. The van der Waals surface area contributed by atoms with Crippen LogP contribution in [0, 0.1) is 17.3 Å². The molecule has 2 unspecified atom stereocenters. The average molecular weight is 224 g/mol. The maximum Gasteiger partial charge on any atom is 0.227 e. The molecule has 1 amide bonds. The van der Waals surface area contributed by atoms with E-state index in [9.17, 15) is 4.79 Å². The maximum absolute atomic E-state index is 12.1. The van der Waals surface area contributed by atoms with E-state index in [2.05, 4.69) is 24.5 Å². The highest BCUT2D eigenvalue weighted by atomic mass is 16.2. The zero-order valence-corrected chi connectivity index (χ0v) is 10.5. The minimum Gasteiger partial charge on any atom is -0.355 e. The van der Waals surface area contributed by atoms with Crippen LogP contribution >= 0.6 is 0 Å². The fraction of sp³-hybridized carbons (Fsp3) is 0.923. The molecule has 3 nitrogen and oxygen atoms in total. The van der Waals surface area contributed by atoms with Crippen molar-refractivity contribution >= 4 is 5.91 Å². The van der Waals surface area contributed by atoms with E-state index < -0.39 is 0 Å². The predicted octanol–water partition coefficient (Wildman–Crippen LogP) is 1.54. The van der Waals surface area contributed by atoms with E-state index in [0.29, 0.717) is 5.92 Å². The number of rotatable bonds is 4. The van der Waals surface area contributed by atoms with Gasteiger partial charge in [-0.3, -0.25) is 4.79 Å². The summed E-state index contributed by atoms with van der Waals surface area (Å²) in [6.45, 7) is 7.08. The summed E-state index contributed by atoms with van der Waals surface area (Å²) in [5, 5.41) is 6.45. The van der Waals surface area contributed by atoms with Gasteiger partial charge in [0.1, 0.15) is 0 Å². The number of carbonyl (C=O) groups excluding carboxylic acids is 1. The summed E-state index contributed by atoms with van der Waals surface area (Å²) >= 11 is 0. The molecule has 0 spiro atoms. The van der Waals surface area contributed by atoms with E-state index in [1.54, 1.807) is 0 Å². The zero-order valence-electron chi connectivity index (χ0n) is 10.5. The van der Waals surface area contributed by atoms with Crippen LogP contribution in [0.2, 0.25) is 0 Å². The van der Waals surface area contributed by atoms with Crippen molar-refractivity contribution in [3.05, 3.63) is 0 Å². The fourth-order valence-corrected chi connectivity index (χ4v) is 2.55. The summed E-state index contributed by atoms with van der Waals surface area (Å²) < 4.78 is 0. The molecule has 1 aliphatic heterocycles. The van der Waals surface area contributed by atoms with Gasteiger partial charge in [0.25, 0.3) is 0 Å². The van der Waals surface area contributed by atoms with Crippen LogP contribution in [0.3, 0.4) is 0 Å². The monoisotopic (exact) mass is 224 g/mol. The molecule has 1 saturated heterocycles. The van der Waals surface area contributed by atoms with Crippen LogP contribution in [-0.2, 0) is 4.79 Å². The van der Waals surface area contributed by atoms with Gasteiger partial charge < -0.3 is 10.6 Å². The van der Waals surface area contributed by atoms with E-state index in [1.165, 1.54) is 12.8 Å². The van der Waals surface area contributed by atoms with Crippen molar-refractivity contribution in [3.63, 3.8) is 0 Å². The second-order valence-electron chi connectivity index (χ2n) is 5.87. The number of piperidine rings is 1. The zero-order chi connectivity index (χ0) is 11.6. The molecule has 92 valence electrons. The largest absolute Gasteiger partial charge is 0.355 e. The van der Waals surface area contributed by atoms with Gasteiger partial charge >= 0.3 is 0 Å². The van der Waals surface area contributed by atoms with Crippen molar-refractivity contribution in [1.82, 2.24) is 10.6 Å². The molecule has 2 N–H and O–H groups in total. The number of amides is 1. The second-order valence-corrected chi connectivity index (χ2v) is 5.87. The molecule has 0 aromatic carbocycles.